The maximum absolute atomic E-state index is 10.7. The highest BCUT2D eigenvalue weighted by molar-refractivity contribution is 5.19. The fourth-order valence-corrected chi connectivity index (χ4v) is 2.74. The van der Waals surface area contributed by atoms with Gasteiger partial charge in [-0.2, -0.15) is 0 Å². The quantitative estimate of drug-likeness (QED) is 0.846. The van der Waals surface area contributed by atoms with Crippen molar-refractivity contribution in [3.05, 3.63) is 66.0 Å². The van der Waals surface area contributed by atoms with Crippen molar-refractivity contribution in [3.8, 4) is 0 Å². The van der Waals surface area contributed by atoms with Gasteiger partial charge in [0.15, 0.2) is 0 Å². The van der Waals surface area contributed by atoms with Gasteiger partial charge in [0.1, 0.15) is 0 Å². The van der Waals surface area contributed by atoms with E-state index in [0.29, 0.717) is 0 Å². The molecule has 1 N–H and O–H groups in total. The Kier molecular flexibility index (Phi) is 5.90. The third-order valence-corrected chi connectivity index (χ3v) is 3.93. The van der Waals surface area contributed by atoms with Crippen LogP contribution in [0.15, 0.2) is 54.9 Å². The van der Waals surface area contributed by atoms with Gasteiger partial charge in [0, 0.05) is 25.0 Å². The van der Waals surface area contributed by atoms with E-state index in [0.717, 1.165) is 25.1 Å². The Bertz CT molecular complexity index is 515. The van der Waals surface area contributed by atoms with Crippen molar-refractivity contribution in [2.45, 2.75) is 39.0 Å². The van der Waals surface area contributed by atoms with E-state index in [1.54, 1.807) is 0 Å². The minimum atomic E-state index is -0.460. The van der Waals surface area contributed by atoms with E-state index in [9.17, 15) is 5.11 Å². The van der Waals surface area contributed by atoms with Gasteiger partial charge in [0.2, 0.25) is 0 Å². The average Bonchev–Trinajstić information content (AvgIpc) is 2.56. The molecule has 0 aliphatic rings. The SMILES string of the molecule is CCC(C(O)c1ccccc1)N(CC)Cc1ccncc1. The normalized spacial score (nSPS) is 14.1. The third-order valence-electron chi connectivity index (χ3n) is 3.93. The number of pyridine rings is 1. The first kappa shape index (κ1) is 15.7. The molecule has 3 heteroatoms. The van der Waals surface area contributed by atoms with Crippen molar-refractivity contribution in [1.82, 2.24) is 9.88 Å². The molecule has 0 fully saturated rings. The summed E-state index contributed by atoms with van der Waals surface area (Å²) in [6.45, 7) is 6.01. The second-order valence-electron chi connectivity index (χ2n) is 5.25. The summed E-state index contributed by atoms with van der Waals surface area (Å²) in [7, 11) is 0. The third kappa shape index (κ3) is 4.13. The van der Waals surface area contributed by atoms with Crippen LogP contribution in [0.4, 0.5) is 0 Å². The molecule has 0 radical (unpaired) electrons. The van der Waals surface area contributed by atoms with Gasteiger partial charge in [-0.1, -0.05) is 44.2 Å². The predicted molar refractivity (Wildman–Crippen MR) is 85.8 cm³/mol. The highest BCUT2D eigenvalue weighted by Crippen LogP contribution is 2.24. The molecule has 0 saturated carbocycles. The Morgan fingerprint density at radius 1 is 1.05 bits per heavy atom. The van der Waals surface area contributed by atoms with Crippen LogP contribution < -0.4 is 0 Å². The minimum Gasteiger partial charge on any atom is -0.387 e. The molecule has 2 rings (SSSR count). The van der Waals surface area contributed by atoms with Gasteiger partial charge < -0.3 is 5.11 Å². The van der Waals surface area contributed by atoms with Crippen LogP contribution in [0.25, 0.3) is 0 Å². The highest BCUT2D eigenvalue weighted by Gasteiger charge is 2.24. The van der Waals surface area contributed by atoms with Crippen molar-refractivity contribution in [2.75, 3.05) is 6.54 Å². The standard InChI is InChI=1S/C18H24N2O/c1-3-17(18(21)16-8-6-5-7-9-16)20(4-2)14-15-10-12-19-13-11-15/h5-13,17-18,21H,3-4,14H2,1-2H3. The smallest absolute Gasteiger partial charge is 0.0945 e. The largest absolute Gasteiger partial charge is 0.387 e. The van der Waals surface area contributed by atoms with Crippen molar-refractivity contribution in [2.24, 2.45) is 0 Å². The predicted octanol–water partition coefficient (Wildman–Crippen LogP) is 3.42. The van der Waals surface area contributed by atoms with E-state index >= 15 is 0 Å². The summed E-state index contributed by atoms with van der Waals surface area (Å²) in [5, 5.41) is 10.7. The van der Waals surface area contributed by atoms with E-state index in [1.807, 2.05) is 54.9 Å². The van der Waals surface area contributed by atoms with Crippen LogP contribution in [0.2, 0.25) is 0 Å². The average molecular weight is 284 g/mol. The van der Waals surface area contributed by atoms with Gasteiger partial charge in [-0.15, -0.1) is 0 Å². The maximum atomic E-state index is 10.7. The molecule has 1 heterocycles. The zero-order chi connectivity index (χ0) is 15.1. The summed E-state index contributed by atoms with van der Waals surface area (Å²) in [5.74, 6) is 0. The second kappa shape index (κ2) is 7.91. The van der Waals surface area contributed by atoms with Crippen molar-refractivity contribution >= 4 is 0 Å². The molecule has 1 aromatic carbocycles. The Hall–Kier alpha value is -1.71. The molecule has 3 nitrogen and oxygen atoms in total. The number of benzene rings is 1. The molecule has 112 valence electrons. The molecular formula is C18H24N2O. The number of likely N-dealkylation sites (N-methyl/N-ethyl adjacent to an activating group) is 1. The molecular weight excluding hydrogens is 260 g/mol. The zero-order valence-electron chi connectivity index (χ0n) is 12.8. The fourth-order valence-electron chi connectivity index (χ4n) is 2.74. The summed E-state index contributed by atoms with van der Waals surface area (Å²) in [4.78, 5) is 6.38. The Labute approximate surface area is 127 Å². The van der Waals surface area contributed by atoms with E-state index in [1.165, 1.54) is 5.56 Å². The van der Waals surface area contributed by atoms with E-state index in [4.69, 9.17) is 0 Å². The molecule has 1 aromatic heterocycles. The first-order chi connectivity index (χ1) is 10.3. The molecule has 2 unspecified atom stereocenters. The van der Waals surface area contributed by atoms with Gasteiger partial charge in [-0.3, -0.25) is 9.88 Å². The second-order valence-corrected chi connectivity index (χ2v) is 5.25. The molecule has 2 aromatic rings. The number of hydrogen-bond donors (Lipinski definition) is 1. The van der Waals surface area contributed by atoms with Gasteiger partial charge in [-0.05, 0) is 36.2 Å². The van der Waals surface area contributed by atoms with Gasteiger partial charge in [-0.25, -0.2) is 0 Å². The molecule has 0 aliphatic carbocycles. The van der Waals surface area contributed by atoms with Crippen LogP contribution in [-0.2, 0) is 6.54 Å². The van der Waals surface area contributed by atoms with Crippen LogP contribution in [0, 0.1) is 0 Å². The Morgan fingerprint density at radius 2 is 1.71 bits per heavy atom. The Morgan fingerprint density at radius 3 is 2.29 bits per heavy atom. The number of hydrogen-bond acceptors (Lipinski definition) is 3. The summed E-state index contributed by atoms with van der Waals surface area (Å²) in [5.41, 5.74) is 2.21. The lowest BCUT2D eigenvalue weighted by Gasteiger charge is -2.33. The monoisotopic (exact) mass is 284 g/mol. The van der Waals surface area contributed by atoms with Crippen LogP contribution in [-0.4, -0.2) is 27.6 Å². The summed E-state index contributed by atoms with van der Waals surface area (Å²) in [6, 6.07) is 14.1. The number of rotatable bonds is 7. The van der Waals surface area contributed by atoms with Crippen LogP contribution in [0.5, 0.6) is 0 Å². The Balaban J connectivity index is 2.14. The molecule has 0 spiro atoms. The molecule has 0 amide bonds. The van der Waals surface area contributed by atoms with Gasteiger partial charge in [0.05, 0.1) is 6.10 Å². The topological polar surface area (TPSA) is 36.4 Å². The molecule has 2 atom stereocenters. The van der Waals surface area contributed by atoms with Crippen molar-refractivity contribution < 1.29 is 5.11 Å². The summed E-state index contributed by atoms with van der Waals surface area (Å²) >= 11 is 0. The highest BCUT2D eigenvalue weighted by atomic mass is 16.3. The minimum absolute atomic E-state index is 0.116. The van der Waals surface area contributed by atoms with Crippen LogP contribution in [0.3, 0.4) is 0 Å². The molecule has 21 heavy (non-hydrogen) atoms. The summed E-state index contributed by atoms with van der Waals surface area (Å²) in [6.07, 6.45) is 4.09. The van der Waals surface area contributed by atoms with Crippen LogP contribution >= 0.6 is 0 Å². The van der Waals surface area contributed by atoms with E-state index in [2.05, 4.69) is 23.7 Å². The molecule has 0 bridgehead atoms. The van der Waals surface area contributed by atoms with Crippen LogP contribution in [0.1, 0.15) is 37.5 Å². The number of aromatic nitrogens is 1. The zero-order valence-corrected chi connectivity index (χ0v) is 12.8. The number of nitrogens with zero attached hydrogens (tertiary/aromatic N) is 2. The first-order valence-electron chi connectivity index (χ1n) is 7.62. The number of aliphatic hydroxyl groups excluding tert-OH is 1. The summed E-state index contributed by atoms with van der Waals surface area (Å²) < 4.78 is 0. The van der Waals surface area contributed by atoms with Crippen molar-refractivity contribution in [3.63, 3.8) is 0 Å². The lowest BCUT2D eigenvalue weighted by atomic mass is 9.98. The lowest BCUT2D eigenvalue weighted by Crippen LogP contribution is -2.38. The van der Waals surface area contributed by atoms with Gasteiger partial charge in [0.25, 0.3) is 0 Å². The molecule has 0 aliphatic heterocycles. The lowest BCUT2D eigenvalue weighted by molar-refractivity contribution is 0.0439. The van der Waals surface area contributed by atoms with Crippen molar-refractivity contribution in [1.29, 1.82) is 0 Å². The van der Waals surface area contributed by atoms with E-state index < -0.39 is 6.10 Å². The van der Waals surface area contributed by atoms with Gasteiger partial charge >= 0.3 is 0 Å². The first-order valence-corrected chi connectivity index (χ1v) is 7.62. The maximum Gasteiger partial charge on any atom is 0.0945 e. The molecule has 0 saturated heterocycles. The van der Waals surface area contributed by atoms with E-state index in [-0.39, 0.29) is 6.04 Å². The fraction of sp³-hybridized carbons (Fsp3) is 0.389. The number of aliphatic hydroxyl groups is 1.